The molecule has 0 unspecified atom stereocenters. The Morgan fingerprint density at radius 1 is 1.42 bits per heavy atom. The van der Waals surface area contributed by atoms with Gasteiger partial charge in [0.1, 0.15) is 9.88 Å². The number of benzene rings is 1. The van der Waals surface area contributed by atoms with E-state index in [4.69, 9.17) is 4.74 Å². The summed E-state index contributed by atoms with van der Waals surface area (Å²) in [5, 5.41) is 9.97. The summed E-state index contributed by atoms with van der Waals surface area (Å²) in [5.41, 5.74) is 3.50. The van der Waals surface area contributed by atoms with Crippen molar-refractivity contribution < 1.29 is 14.6 Å². The molecule has 0 aliphatic carbocycles. The molecule has 5 heteroatoms. The van der Waals surface area contributed by atoms with Crippen molar-refractivity contribution >= 4 is 17.3 Å². The Morgan fingerprint density at radius 3 is 2.79 bits per heavy atom. The van der Waals surface area contributed by atoms with Gasteiger partial charge in [-0.15, -0.1) is 11.3 Å². The molecule has 1 heterocycles. The SMILES string of the molecule is COCc1nc(-c2cc(C)ccc2C)c(C(=O)O)s1. The first-order chi connectivity index (χ1) is 9.02. The van der Waals surface area contributed by atoms with Gasteiger partial charge < -0.3 is 9.84 Å². The first kappa shape index (κ1) is 13.7. The quantitative estimate of drug-likeness (QED) is 0.931. The van der Waals surface area contributed by atoms with Crippen LogP contribution in [-0.4, -0.2) is 23.2 Å². The molecule has 2 rings (SSSR count). The molecular formula is C14H15NO3S. The normalized spacial score (nSPS) is 10.7. The first-order valence-electron chi connectivity index (χ1n) is 5.82. The van der Waals surface area contributed by atoms with Crippen molar-refractivity contribution in [2.45, 2.75) is 20.5 Å². The van der Waals surface area contributed by atoms with Crippen LogP contribution in [0.15, 0.2) is 18.2 Å². The predicted molar refractivity (Wildman–Crippen MR) is 74.7 cm³/mol. The number of thiazole rings is 1. The van der Waals surface area contributed by atoms with Gasteiger partial charge in [-0.1, -0.05) is 17.7 Å². The van der Waals surface area contributed by atoms with Gasteiger partial charge in [0.15, 0.2) is 0 Å². The third kappa shape index (κ3) is 2.83. The van der Waals surface area contributed by atoms with Gasteiger partial charge in [-0.2, -0.15) is 0 Å². The Labute approximate surface area is 115 Å². The maximum Gasteiger partial charge on any atom is 0.348 e. The number of hydrogen-bond acceptors (Lipinski definition) is 4. The van der Waals surface area contributed by atoms with Gasteiger partial charge in [0, 0.05) is 12.7 Å². The maximum atomic E-state index is 11.3. The number of hydrogen-bond donors (Lipinski definition) is 1. The van der Waals surface area contributed by atoms with E-state index in [1.54, 1.807) is 7.11 Å². The molecule has 4 nitrogen and oxygen atoms in total. The van der Waals surface area contributed by atoms with Crippen molar-refractivity contribution in [3.05, 3.63) is 39.2 Å². The minimum atomic E-state index is -0.948. The van der Waals surface area contributed by atoms with E-state index in [9.17, 15) is 9.90 Å². The van der Waals surface area contributed by atoms with Crippen LogP contribution in [0.2, 0.25) is 0 Å². The molecule has 2 aromatic rings. The Kier molecular flexibility index (Phi) is 3.97. The predicted octanol–water partition coefficient (Wildman–Crippen LogP) is 3.27. The van der Waals surface area contributed by atoms with Gasteiger partial charge in [-0.3, -0.25) is 0 Å². The molecule has 100 valence electrons. The summed E-state index contributed by atoms with van der Waals surface area (Å²) >= 11 is 1.17. The molecule has 0 saturated heterocycles. The topological polar surface area (TPSA) is 59.4 Å². The van der Waals surface area contributed by atoms with Gasteiger partial charge >= 0.3 is 5.97 Å². The Balaban J connectivity index is 2.59. The minimum Gasteiger partial charge on any atom is -0.477 e. The molecule has 0 saturated carbocycles. The van der Waals surface area contributed by atoms with Crippen molar-refractivity contribution in [2.24, 2.45) is 0 Å². The summed E-state index contributed by atoms with van der Waals surface area (Å²) in [4.78, 5) is 16.0. The number of nitrogens with zero attached hydrogens (tertiary/aromatic N) is 1. The number of carboxylic acid groups (broad SMARTS) is 1. The van der Waals surface area contributed by atoms with E-state index in [-0.39, 0.29) is 4.88 Å². The lowest BCUT2D eigenvalue weighted by Gasteiger charge is -2.05. The highest BCUT2D eigenvalue weighted by Crippen LogP contribution is 2.31. The average molecular weight is 277 g/mol. The van der Waals surface area contributed by atoms with Crippen molar-refractivity contribution in [1.82, 2.24) is 4.98 Å². The van der Waals surface area contributed by atoms with Crippen molar-refractivity contribution in [3.63, 3.8) is 0 Å². The molecule has 0 radical (unpaired) electrons. The van der Waals surface area contributed by atoms with Crippen LogP contribution in [0.25, 0.3) is 11.3 Å². The average Bonchev–Trinajstić information content (AvgIpc) is 2.77. The largest absolute Gasteiger partial charge is 0.477 e. The zero-order valence-electron chi connectivity index (χ0n) is 11.1. The Bertz CT molecular complexity index is 619. The summed E-state index contributed by atoms with van der Waals surface area (Å²) in [6.45, 7) is 4.26. The van der Waals surface area contributed by atoms with Crippen LogP contribution in [0, 0.1) is 13.8 Å². The van der Waals surface area contributed by atoms with Crippen molar-refractivity contribution in [2.75, 3.05) is 7.11 Å². The summed E-state index contributed by atoms with van der Waals surface area (Å²) < 4.78 is 5.02. The fourth-order valence-electron chi connectivity index (χ4n) is 1.87. The van der Waals surface area contributed by atoms with E-state index < -0.39 is 5.97 Å². The molecule has 0 fully saturated rings. The highest BCUT2D eigenvalue weighted by molar-refractivity contribution is 7.14. The molecule has 0 amide bonds. The van der Waals surface area contributed by atoms with E-state index >= 15 is 0 Å². The van der Waals surface area contributed by atoms with E-state index in [0.717, 1.165) is 16.7 Å². The zero-order valence-corrected chi connectivity index (χ0v) is 11.9. The Hall–Kier alpha value is -1.72. The lowest BCUT2D eigenvalue weighted by Crippen LogP contribution is -1.97. The smallest absolute Gasteiger partial charge is 0.348 e. The highest BCUT2D eigenvalue weighted by atomic mass is 32.1. The standard InChI is InChI=1S/C14H15NO3S/c1-8-4-5-9(2)10(6-8)12-13(14(16)17)19-11(15-12)7-18-3/h4-6H,7H2,1-3H3,(H,16,17). The fourth-order valence-corrected chi connectivity index (χ4v) is 2.76. The van der Waals surface area contributed by atoms with Gasteiger partial charge in [0.05, 0.1) is 12.3 Å². The summed E-state index contributed by atoms with van der Waals surface area (Å²) in [6.07, 6.45) is 0. The third-order valence-corrected chi connectivity index (χ3v) is 3.80. The van der Waals surface area contributed by atoms with Crippen LogP contribution in [0.5, 0.6) is 0 Å². The molecule has 0 spiro atoms. The number of carboxylic acids is 1. The molecule has 19 heavy (non-hydrogen) atoms. The number of methoxy groups -OCH3 is 1. The number of aromatic nitrogens is 1. The van der Waals surface area contributed by atoms with Gasteiger partial charge in [0.2, 0.25) is 0 Å². The van der Waals surface area contributed by atoms with Crippen LogP contribution >= 0.6 is 11.3 Å². The molecule has 0 aliphatic rings. The van der Waals surface area contributed by atoms with E-state index in [1.807, 2.05) is 32.0 Å². The molecule has 0 aliphatic heterocycles. The zero-order chi connectivity index (χ0) is 14.0. The molecule has 1 N–H and O–H groups in total. The summed E-state index contributed by atoms with van der Waals surface area (Å²) in [7, 11) is 1.57. The van der Waals surface area contributed by atoms with Gasteiger partial charge in [-0.05, 0) is 25.5 Å². The van der Waals surface area contributed by atoms with Crippen molar-refractivity contribution in [1.29, 1.82) is 0 Å². The summed E-state index contributed by atoms with van der Waals surface area (Å²) in [5.74, 6) is -0.948. The van der Waals surface area contributed by atoms with Gasteiger partial charge in [-0.25, -0.2) is 9.78 Å². The Morgan fingerprint density at radius 2 is 2.16 bits per heavy atom. The van der Waals surface area contributed by atoms with Crippen LogP contribution in [0.4, 0.5) is 0 Å². The molecule has 1 aromatic carbocycles. The van der Waals surface area contributed by atoms with E-state index in [2.05, 4.69) is 4.98 Å². The lowest BCUT2D eigenvalue weighted by atomic mass is 10.0. The van der Waals surface area contributed by atoms with Crippen LogP contribution in [-0.2, 0) is 11.3 Å². The fraction of sp³-hybridized carbons (Fsp3) is 0.286. The number of ether oxygens (including phenoxy) is 1. The number of aryl methyl sites for hydroxylation is 2. The summed E-state index contributed by atoms with van der Waals surface area (Å²) in [6, 6.07) is 5.95. The second-order valence-electron chi connectivity index (χ2n) is 4.34. The molecular weight excluding hydrogens is 262 g/mol. The maximum absolute atomic E-state index is 11.3. The first-order valence-corrected chi connectivity index (χ1v) is 6.64. The van der Waals surface area contributed by atoms with E-state index in [0.29, 0.717) is 17.3 Å². The van der Waals surface area contributed by atoms with Crippen LogP contribution < -0.4 is 0 Å². The monoisotopic (exact) mass is 277 g/mol. The molecule has 0 atom stereocenters. The number of rotatable bonds is 4. The number of aromatic carboxylic acids is 1. The minimum absolute atomic E-state index is 0.265. The van der Waals surface area contributed by atoms with Gasteiger partial charge in [0.25, 0.3) is 0 Å². The number of carbonyl (C=O) groups is 1. The highest BCUT2D eigenvalue weighted by Gasteiger charge is 2.20. The molecule has 0 bridgehead atoms. The van der Waals surface area contributed by atoms with E-state index in [1.165, 1.54) is 11.3 Å². The molecule has 1 aromatic heterocycles. The van der Waals surface area contributed by atoms with Crippen molar-refractivity contribution in [3.8, 4) is 11.3 Å². The lowest BCUT2D eigenvalue weighted by molar-refractivity contribution is 0.0702. The van der Waals surface area contributed by atoms with Crippen LogP contribution in [0.1, 0.15) is 25.8 Å². The third-order valence-electron chi connectivity index (χ3n) is 2.78. The second kappa shape index (κ2) is 5.50. The van der Waals surface area contributed by atoms with Crippen LogP contribution in [0.3, 0.4) is 0 Å². The second-order valence-corrected chi connectivity index (χ2v) is 5.43.